The summed E-state index contributed by atoms with van der Waals surface area (Å²) < 4.78 is 2.29. The van der Waals surface area contributed by atoms with Gasteiger partial charge in [0.05, 0.1) is 5.56 Å². The molecule has 1 aliphatic heterocycles. The van der Waals surface area contributed by atoms with E-state index < -0.39 is 11.5 Å². The minimum atomic E-state index is -1.12. The van der Waals surface area contributed by atoms with Crippen LogP contribution in [0.15, 0.2) is 6.07 Å². The number of carbonyl (C=O) groups excluding carboxylic acids is 1. The van der Waals surface area contributed by atoms with E-state index in [0.717, 1.165) is 35.7 Å². The first-order chi connectivity index (χ1) is 11.9. The van der Waals surface area contributed by atoms with Crippen LogP contribution in [-0.4, -0.2) is 38.6 Å². The van der Waals surface area contributed by atoms with E-state index in [1.807, 2.05) is 19.9 Å². The van der Waals surface area contributed by atoms with Gasteiger partial charge in [-0.15, -0.1) is 0 Å². The van der Waals surface area contributed by atoms with Crippen LogP contribution in [0.1, 0.15) is 72.7 Å². The van der Waals surface area contributed by atoms with Gasteiger partial charge in [0.25, 0.3) is 5.91 Å². The monoisotopic (exact) mass is 364 g/mol. The summed E-state index contributed by atoms with van der Waals surface area (Å²) in [6.45, 7) is 4.03. The van der Waals surface area contributed by atoms with Crippen LogP contribution < -0.4 is 5.32 Å². The summed E-state index contributed by atoms with van der Waals surface area (Å²) in [6.07, 6.45) is 7.07. The normalized spacial score (nSPS) is 21.0. The Kier molecular flexibility index (Phi) is 5.46. The minimum Gasteiger partial charge on any atom is -0.480 e. The first-order valence-corrected chi connectivity index (χ1v) is 10.4. The minimum absolute atomic E-state index is 0.246. The fourth-order valence-corrected chi connectivity index (χ4v) is 5.49. The van der Waals surface area contributed by atoms with Gasteiger partial charge in [-0.05, 0) is 57.1 Å². The van der Waals surface area contributed by atoms with E-state index in [2.05, 4.69) is 9.88 Å². The number of hydrogen-bond acceptors (Lipinski definition) is 3. The molecule has 2 heterocycles. The van der Waals surface area contributed by atoms with Crippen molar-refractivity contribution in [1.82, 2.24) is 9.88 Å². The van der Waals surface area contributed by atoms with E-state index in [4.69, 9.17) is 0 Å². The molecule has 6 heteroatoms. The van der Waals surface area contributed by atoms with Crippen LogP contribution in [0.25, 0.3) is 0 Å². The number of aromatic nitrogens is 1. The molecule has 0 atom stereocenters. The number of amides is 1. The average molecular weight is 365 g/mol. The summed E-state index contributed by atoms with van der Waals surface area (Å²) in [7, 11) is 0. The highest BCUT2D eigenvalue weighted by Crippen LogP contribution is 2.33. The zero-order chi connectivity index (χ0) is 18.0. The standard InChI is InChI=1S/C19H28N2O3S/c1-13-12-16(14(2)21(13)15-6-4-3-5-7-15)17(22)20-19(18(23)24)8-10-25-11-9-19/h12,15H,3-11H2,1-2H3,(H,20,22)(H,23,24). The molecular weight excluding hydrogens is 336 g/mol. The summed E-state index contributed by atoms with van der Waals surface area (Å²) in [4.78, 5) is 24.7. The second kappa shape index (κ2) is 7.44. The Morgan fingerprint density at radius 1 is 1.20 bits per heavy atom. The van der Waals surface area contributed by atoms with E-state index >= 15 is 0 Å². The molecule has 1 aromatic heterocycles. The largest absolute Gasteiger partial charge is 0.480 e. The number of nitrogens with one attached hydrogen (secondary N) is 1. The lowest BCUT2D eigenvalue weighted by atomic mass is 9.92. The number of rotatable bonds is 4. The molecule has 0 unspecified atom stereocenters. The Labute approximate surface area is 153 Å². The molecule has 1 saturated heterocycles. The molecule has 1 saturated carbocycles. The highest BCUT2D eigenvalue weighted by Gasteiger charge is 2.41. The fourth-order valence-electron chi connectivity index (χ4n) is 4.30. The number of aryl methyl sites for hydroxylation is 1. The van der Waals surface area contributed by atoms with Crippen LogP contribution in [-0.2, 0) is 4.79 Å². The molecule has 0 bridgehead atoms. The van der Waals surface area contributed by atoms with Gasteiger partial charge < -0.3 is 15.0 Å². The molecule has 0 aromatic carbocycles. The molecule has 5 nitrogen and oxygen atoms in total. The van der Waals surface area contributed by atoms with E-state index in [1.54, 1.807) is 11.8 Å². The Hall–Kier alpha value is -1.43. The van der Waals surface area contributed by atoms with Crippen LogP contribution in [0.3, 0.4) is 0 Å². The molecule has 138 valence electrons. The number of aliphatic carboxylic acids is 1. The maximum absolute atomic E-state index is 12.9. The molecule has 0 radical (unpaired) electrons. The maximum Gasteiger partial charge on any atom is 0.329 e. The third-order valence-electron chi connectivity index (χ3n) is 5.78. The predicted molar refractivity (Wildman–Crippen MR) is 100 cm³/mol. The summed E-state index contributed by atoms with van der Waals surface area (Å²) >= 11 is 1.75. The van der Waals surface area contributed by atoms with Crippen LogP contribution in [0, 0.1) is 13.8 Å². The van der Waals surface area contributed by atoms with E-state index in [9.17, 15) is 14.7 Å². The number of carboxylic acid groups (broad SMARTS) is 1. The zero-order valence-corrected chi connectivity index (χ0v) is 16.0. The van der Waals surface area contributed by atoms with Gasteiger partial charge in [-0.3, -0.25) is 4.79 Å². The van der Waals surface area contributed by atoms with Gasteiger partial charge in [0.1, 0.15) is 5.54 Å². The quantitative estimate of drug-likeness (QED) is 0.855. The summed E-state index contributed by atoms with van der Waals surface area (Å²) in [5.41, 5.74) is 1.57. The molecule has 1 aromatic rings. The van der Waals surface area contributed by atoms with Gasteiger partial charge in [-0.2, -0.15) is 11.8 Å². The van der Waals surface area contributed by atoms with Crippen LogP contribution in [0.5, 0.6) is 0 Å². The SMILES string of the molecule is Cc1cc(C(=O)NC2(C(=O)O)CCSCC2)c(C)n1C1CCCCC1. The molecule has 0 spiro atoms. The van der Waals surface area contributed by atoms with Crippen molar-refractivity contribution < 1.29 is 14.7 Å². The zero-order valence-electron chi connectivity index (χ0n) is 15.1. The smallest absolute Gasteiger partial charge is 0.329 e. The molecule has 1 aliphatic carbocycles. The number of nitrogens with zero attached hydrogens (tertiary/aromatic N) is 1. The van der Waals surface area contributed by atoms with Gasteiger partial charge in [-0.25, -0.2) is 4.79 Å². The highest BCUT2D eigenvalue weighted by molar-refractivity contribution is 7.99. The lowest BCUT2D eigenvalue weighted by molar-refractivity contribution is -0.144. The van der Waals surface area contributed by atoms with E-state index in [-0.39, 0.29) is 5.91 Å². The summed E-state index contributed by atoms with van der Waals surface area (Å²) in [6, 6.07) is 2.39. The van der Waals surface area contributed by atoms with Crippen LogP contribution in [0.4, 0.5) is 0 Å². The average Bonchev–Trinajstić information content (AvgIpc) is 2.91. The Balaban J connectivity index is 1.83. The Bertz CT molecular complexity index is 656. The van der Waals surface area contributed by atoms with Crippen molar-refractivity contribution >= 4 is 23.6 Å². The molecular formula is C19H28N2O3S. The predicted octanol–water partition coefficient (Wildman–Crippen LogP) is 3.69. The lowest BCUT2D eigenvalue weighted by Crippen LogP contribution is -2.56. The van der Waals surface area contributed by atoms with E-state index in [0.29, 0.717) is 24.4 Å². The molecule has 2 fully saturated rings. The Morgan fingerprint density at radius 2 is 1.84 bits per heavy atom. The number of carboxylic acids is 1. The topological polar surface area (TPSA) is 71.3 Å². The number of thioether (sulfide) groups is 1. The first-order valence-electron chi connectivity index (χ1n) is 9.27. The van der Waals surface area contributed by atoms with Gasteiger partial charge in [-0.1, -0.05) is 19.3 Å². The van der Waals surface area contributed by atoms with Crippen molar-refractivity contribution in [3.05, 3.63) is 23.0 Å². The van der Waals surface area contributed by atoms with Crippen LogP contribution >= 0.6 is 11.8 Å². The highest BCUT2D eigenvalue weighted by atomic mass is 32.2. The van der Waals surface area contributed by atoms with Crippen molar-refractivity contribution in [2.75, 3.05) is 11.5 Å². The van der Waals surface area contributed by atoms with Gasteiger partial charge >= 0.3 is 5.97 Å². The van der Waals surface area contributed by atoms with E-state index in [1.165, 1.54) is 19.3 Å². The lowest BCUT2D eigenvalue weighted by Gasteiger charge is -2.33. The second-order valence-corrected chi connectivity index (χ2v) is 8.63. The second-order valence-electron chi connectivity index (χ2n) is 7.40. The van der Waals surface area contributed by atoms with Crippen LogP contribution in [0.2, 0.25) is 0 Å². The number of carbonyl (C=O) groups is 2. The maximum atomic E-state index is 12.9. The molecule has 25 heavy (non-hydrogen) atoms. The summed E-state index contributed by atoms with van der Waals surface area (Å²) in [5, 5.41) is 12.6. The van der Waals surface area contributed by atoms with Gasteiger partial charge in [0, 0.05) is 17.4 Å². The molecule has 2 aliphatic rings. The molecule has 2 N–H and O–H groups in total. The van der Waals surface area contributed by atoms with Gasteiger partial charge in [0.2, 0.25) is 0 Å². The van der Waals surface area contributed by atoms with Crippen molar-refractivity contribution in [2.45, 2.75) is 70.4 Å². The molecule has 3 rings (SSSR count). The first kappa shape index (κ1) is 18.4. The number of hydrogen-bond donors (Lipinski definition) is 2. The van der Waals surface area contributed by atoms with Crippen molar-refractivity contribution in [3.63, 3.8) is 0 Å². The summed E-state index contributed by atoms with van der Waals surface area (Å²) in [5.74, 6) is 0.383. The van der Waals surface area contributed by atoms with Crippen molar-refractivity contribution in [1.29, 1.82) is 0 Å². The Morgan fingerprint density at radius 3 is 2.44 bits per heavy atom. The fraction of sp³-hybridized carbons (Fsp3) is 0.684. The van der Waals surface area contributed by atoms with Gasteiger partial charge in [0.15, 0.2) is 0 Å². The molecule has 1 amide bonds. The third-order valence-corrected chi connectivity index (χ3v) is 6.76. The van der Waals surface area contributed by atoms with Crippen molar-refractivity contribution in [2.24, 2.45) is 0 Å². The third kappa shape index (κ3) is 3.59. The van der Waals surface area contributed by atoms with Crippen molar-refractivity contribution in [3.8, 4) is 0 Å².